The van der Waals surface area contributed by atoms with Crippen molar-refractivity contribution >= 4 is 21.4 Å². The highest BCUT2D eigenvalue weighted by molar-refractivity contribution is 7.90. The molecule has 0 saturated heterocycles. The van der Waals surface area contributed by atoms with Crippen LogP contribution >= 0.6 is 11.6 Å². The molecule has 0 aliphatic rings. The lowest BCUT2D eigenvalue weighted by Crippen LogP contribution is -2.35. The lowest BCUT2D eigenvalue weighted by molar-refractivity contribution is 0.539. The summed E-state index contributed by atoms with van der Waals surface area (Å²) in [4.78, 5) is 0. The van der Waals surface area contributed by atoms with Crippen LogP contribution in [0.2, 0.25) is 5.02 Å². The van der Waals surface area contributed by atoms with Crippen molar-refractivity contribution in [2.75, 3.05) is 19.1 Å². The molecule has 1 unspecified atom stereocenters. The number of aromatic nitrogens is 2. The van der Waals surface area contributed by atoms with Gasteiger partial charge in [-0.25, -0.2) is 8.42 Å². The molecule has 0 fully saturated rings. The first-order valence-electron chi connectivity index (χ1n) is 6.41. The summed E-state index contributed by atoms with van der Waals surface area (Å²) in [6.07, 6.45) is 2.58. The SMILES string of the molecule is CCc1nn(CC)c(CC(CS(C)(=O)=O)NC)c1Cl. The quantitative estimate of drug-likeness (QED) is 0.824. The first-order valence-corrected chi connectivity index (χ1v) is 8.85. The van der Waals surface area contributed by atoms with Gasteiger partial charge in [0.2, 0.25) is 0 Å². The minimum absolute atomic E-state index is 0.0934. The van der Waals surface area contributed by atoms with Crippen LogP contribution in [0, 0.1) is 0 Å². The Labute approximate surface area is 120 Å². The van der Waals surface area contributed by atoms with E-state index in [0.29, 0.717) is 11.4 Å². The van der Waals surface area contributed by atoms with E-state index in [4.69, 9.17) is 11.6 Å². The molecule has 110 valence electrons. The summed E-state index contributed by atoms with van der Waals surface area (Å²) in [5.41, 5.74) is 1.77. The predicted molar refractivity (Wildman–Crippen MR) is 78.6 cm³/mol. The molecule has 0 spiro atoms. The van der Waals surface area contributed by atoms with Crippen LogP contribution in [0.4, 0.5) is 0 Å². The van der Waals surface area contributed by atoms with E-state index in [2.05, 4.69) is 10.4 Å². The highest BCUT2D eigenvalue weighted by atomic mass is 35.5. The van der Waals surface area contributed by atoms with E-state index in [1.807, 2.05) is 18.5 Å². The number of hydrogen-bond acceptors (Lipinski definition) is 4. The van der Waals surface area contributed by atoms with Crippen LogP contribution in [0.5, 0.6) is 0 Å². The van der Waals surface area contributed by atoms with Gasteiger partial charge in [-0.1, -0.05) is 18.5 Å². The number of nitrogens with zero attached hydrogens (tertiary/aromatic N) is 2. The van der Waals surface area contributed by atoms with Gasteiger partial charge < -0.3 is 5.32 Å². The van der Waals surface area contributed by atoms with Gasteiger partial charge in [-0.2, -0.15) is 5.10 Å². The van der Waals surface area contributed by atoms with Gasteiger partial charge in [-0.15, -0.1) is 0 Å². The first-order chi connectivity index (χ1) is 8.82. The summed E-state index contributed by atoms with van der Waals surface area (Å²) in [6, 6.07) is -0.154. The fourth-order valence-corrected chi connectivity index (χ4v) is 3.42. The van der Waals surface area contributed by atoms with E-state index in [9.17, 15) is 8.42 Å². The average molecular weight is 308 g/mol. The molecule has 0 aliphatic heterocycles. The monoisotopic (exact) mass is 307 g/mol. The van der Waals surface area contributed by atoms with Crippen molar-refractivity contribution < 1.29 is 8.42 Å². The van der Waals surface area contributed by atoms with Gasteiger partial charge in [0, 0.05) is 25.3 Å². The maximum Gasteiger partial charge on any atom is 0.148 e. The largest absolute Gasteiger partial charge is 0.316 e. The topological polar surface area (TPSA) is 64.0 Å². The van der Waals surface area contributed by atoms with Crippen LogP contribution in [0.1, 0.15) is 25.2 Å². The van der Waals surface area contributed by atoms with Gasteiger partial charge in [0.05, 0.1) is 22.2 Å². The van der Waals surface area contributed by atoms with Gasteiger partial charge in [0.25, 0.3) is 0 Å². The zero-order chi connectivity index (χ0) is 14.6. The molecule has 1 N–H and O–H groups in total. The zero-order valence-corrected chi connectivity index (χ0v) is 13.5. The highest BCUT2D eigenvalue weighted by Gasteiger charge is 2.20. The second kappa shape index (κ2) is 6.72. The lowest BCUT2D eigenvalue weighted by Gasteiger charge is -2.16. The molecule has 1 rings (SSSR count). The molecule has 1 aromatic heterocycles. The number of hydrogen-bond donors (Lipinski definition) is 1. The highest BCUT2D eigenvalue weighted by Crippen LogP contribution is 2.23. The number of rotatable bonds is 7. The van der Waals surface area contributed by atoms with Gasteiger partial charge >= 0.3 is 0 Å². The van der Waals surface area contributed by atoms with Crippen molar-refractivity contribution in [3.63, 3.8) is 0 Å². The summed E-state index contributed by atoms with van der Waals surface area (Å²) in [5.74, 6) is 0.0934. The van der Waals surface area contributed by atoms with E-state index < -0.39 is 9.84 Å². The van der Waals surface area contributed by atoms with E-state index in [1.54, 1.807) is 7.05 Å². The minimum atomic E-state index is -3.02. The number of nitrogens with one attached hydrogen (secondary N) is 1. The van der Waals surface area contributed by atoms with Crippen molar-refractivity contribution in [1.29, 1.82) is 0 Å². The Morgan fingerprint density at radius 1 is 1.42 bits per heavy atom. The number of aryl methyl sites for hydroxylation is 2. The van der Waals surface area contributed by atoms with Crippen LogP contribution in [-0.4, -0.2) is 43.3 Å². The summed E-state index contributed by atoms with van der Waals surface area (Å²) in [7, 11) is -1.26. The molecular formula is C12H22ClN3O2S. The first kappa shape index (κ1) is 16.5. The van der Waals surface area contributed by atoms with Gasteiger partial charge in [-0.3, -0.25) is 4.68 Å². The van der Waals surface area contributed by atoms with E-state index >= 15 is 0 Å². The van der Waals surface area contributed by atoms with Crippen LogP contribution < -0.4 is 5.32 Å². The van der Waals surface area contributed by atoms with Crippen LogP contribution in [-0.2, 0) is 29.2 Å². The van der Waals surface area contributed by atoms with Gasteiger partial charge in [0.1, 0.15) is 9.84 Å². The Hall–Kier alpha value is -0.590. The molecule has 1 atom stereocenters. The molecule has 0 aromatic carbocycles. The Bertz CT molecular complexity index is 525. The summed E-state index contributed by atoms with van der Waals surface area (Å²) >= 11 is 6.32. The Kier molecular flexibility index (Phi) is 5.82. The third-order valence-corrected chi connectivity index (χ3v) is 4.49. The number of sulfone groups is 1. The minimum Gasteiger partial charge on any atom is -0.316 e. The summed E-state index contributed by atoms with van der Waals surface area (Å²) in [5, 5.41) is 8.14. The number of halogens is 1. The van der Waals surface area contributed by atoms with Crippen LogP contribution in [0.25, 0.3) is 0 Å². The lowest BCUT2D eigenvalue weighted by atomic mass is 10.1. The molecule has 5 nitrogen and oxygen atoms in total. The van der Waals surface area contributed by atoms with Crippen LogP contribution in [0.3, 0.4) is 0 Å². The van der Waals surface area contributed by atoms with Gasteiger partial charge in [-0.05, 0) is 20.4 Å². The fourth-order valence-electron chi connectivity index (χ4n) is 2.06. The van der Waals surface area contributed by atoms with Crippen molar-refractivity contribution in [3.8, 4) is 0 Å². The molecule has 0 aliphatic carbocycles. The van der Waals surface area contributed by atoms with Crippen molar-refractivity contribution in [2.45, 2.75) is 39.3 Å². The average Bonchev–Trinajstić information content (AvgIpc) is 2.63. The molecule has 1 aromatic rings. The summed E-state index contributed by atoms with van der Waals surface area (Å²) < 4.78 is 24.6. The van der Waals surface area contributed by atoms with Crippen LogP contribution in [0.15, 0.2) is 0 Å². The molecule has 19 heavy (non-hydrogen) atoms. The van der Waals surface area contributed by atoms with Crippen molar-refractivity contribution in [1.82, 2.24) is 15.1 Å². The molecule has 0 bridgehead atoms. The standard InChI is InChI=1S/C12H22ClN3O2S/c1-5-10-12(13)11(16(6-2)15-10)7-9(14-3)8-19(4,17)18/h9,14H,5-8H2,1-4H3. The van der Waals surface area contributed by atoms with Gasteiger partial charge in [0.15, 0.2) is 0 Å². The van der Waals surface area contributed by atoms with E-state index in [-0.39, 0.29) is 11.8 Å². The van der Waals surface area contributed by atoms with Crippen molar-refractivity contribution in [3.05, 3.63) is 16.4 Å². The predicted octanol–water partition coefficient (Wildman–Crippen LogP) is 1.29. The molecule has 0 saturated carbocycles. The zero-order valence-electron chi connectivity index (χ0n) is 11.9. The van der Waals surface area contributed by atoms with Crippen molar-refractivity contribution in [2.24, 2.45) is 0 Å². The fraction of sp³-hybridized carbons (Fsp3) is 0.750. The maximum atomic E-state index is 11.4. The Morgan fingerprint density at radius 2 is 2.05 bits per heavy atom. The number of likely N-dealkylation sites (N-methyl/N-ethyl adjacent to an activating group) is 1. The third kappa shape index (κ3) is 4.47. The van der Waals surface area contributed by atoms with E-state index in [1.165, 1.54) is 6.26 Å². The van der Waals surface area contributed by atoms with E-state index in [0.717, 1.165) is 24.4 Å². The molecule has 1 heterocycles. The smallest absolute Gasteiger partial charge is 0.148 e. The normalized spacial score (nSPS) is 13.7. The molecule has 7 heteroatoms. The Balaban J connectivity index is 2.99. The second-order valence-corrected chi connectivity index (χ2v) is 7.22. The molecular weight excluding hydrogens is 286 g/mol. The molecule has 0 amide bonds. The maximum absolute atomic E-state index is 11.4. The summed E-state index contributed by atoms with van der Waals surface area (Å²) in [6.45, 7) is 4.73. The third-order valence-electron chi connectivity index (χ3n) is 3.05. The molecule has 0 radical (unpaired) electrons. The second-order valence-electron chi connectivity index (χ2n) is 4.66. The Morgan fingerprint density at radius 3 is 2.47 bits per heavy atom.